The van der Waals surface area contributed by atoms with Crippen LogP contribution in [0.25, 0.3) is 10.8 Å². The van der Waals surface area contributed by atoms with Crippen molar-refractivity contribution in [3.8, 4) is 0 Å². The highest BCUT2D eigenvalue weighted by Gasteiger charge is 1.94. The molecule has 1 heteroatoms. The molecule has 16 heavy (non-hydrogen) atoms. The van der Waals surface area contributed by atoms with Crippen LogP contribution in [0, 0.1) is 0 Å². The molecule has 2 rings (SSSR count). The minimum absolute atomic E-state index is 1.08. The predicted molar refractivity (Wildman–Crippen MR) is 72.0 cm³/mol. The Hall–Kier alpha value is -1.50. The number of unbranched alkanes of at least 4 members (excludes halogenated alkanes) is 2. The number of nitrogens with one attached hydrogen (secondary N) is 1. The van der Waals surface area contributed by atoms with E-state index in [9.17, 15) is 0 Å². The van der Waals surface area contributed by atoms with E-state index in [0.29, 0.717) is 0 Å². The van der Waals surface area contributed by atoms with Crippen LogP contribution in [-0.2, 0) is 0 Å². The van der Waals surface area contributed by atoms with E-state index in [0.717, 1.165) is 6.54 Å². The lowest BCUT2D eigenvalue weighted by atomic mass is 10.1. The summed E-state index contributed by atoms with van der Waals surface area (Å²) in [4.78, 5) is 0. The molecule has 0 radical (unpaired) electrons. The van der Waals surface area contributed by atoms with E-state index in [2.05, 4.69) is 54.7 Å². The maximum absolute atomic E-state index is 3.47. The van der Waals surface area contributed by atoms with Crippen LogP contribution >= 0.6 is 0 Å². The quantitative estimate of drug-likeness (QED) is 0.724. The molecule has 0 saturated heterocycles. The lowest BCUT2D eigenvalue weighted by Gasteiger charge is -2.07. The van der Waals surface area contributed by atoms with E-state index in [-0.39, 0.29) is 0 Å². The molecule has 1 N–H and O–H groups in total. The van der Waals surface area contributed by atoms with Gasteiger partial charge in [-0.2, -0.15) is 0 Å². The lowest BCUT2D eigenvalue weighted by molar-refractivity contribution is 0.744. The standard InChI is InChI=1S/C15H19N/c1-2-3-6-11-16-15-10-9-13-7-4-5-8-14(13)12-15/h4-5,7-10,12,16H,2-3,6,11H2,1H3. The molecule has 0 saturated carbocycles. The summed E-state index contributed by atoms with van der Waals surface area (Å²) in [5, 5.41) is 6.09. The molecule has 0 aromatic heterocycles. The summed E-state index contributed by atoms with van der Waals surface area (Å²) >= 11 is 0. The number of anilines is 1. The van der Waals surface area contributed by atoms with Crippen LogP contribution in [-0.4, -0.2) is 6.54 Å². The molecule has 2 aromatic carbocycles. The number of rotatable bonds is 5. The van der Waals surface area contributed by atoms with Gasteiger partial charge in [0, 0.05) is 12.2 Å². The SMILES string of the molecule is CCCCCNc1ccc2ccccc2c1. The highest BCUT2D eigenvalue weighted by molar-refractivity contribution is 5.85. The van der Waals surface area contributed by atoms with Gasteiger partial charge in [-0.3, -0.25) is 0 Å². The summed E-state index contributed by atoms with van der Waals surface area (Å²) in [5.41, 5.74) is 1.23. The smallest absolute Gasteiger partial charge is 0.0346 e. The molecule has 0 aliphatic rings. The van der Waals surface area contributed by atoms with Crippen LogP contribution in [0.2, 0.25) is 0 Å². The first kappa shape index (κ1) is 11.0. The van der Waals surface area contributed by atoms with Crippen molar-refractivity contribution in [1.82, 2.24) is 0 Å². The Morgan fingerprint density at radius 2 is 1.75 bits per heavy atom. The zero-order valence-corrected chi connectivity index (χ0v) is 9.87. The van der Waals surface area contributed by atoms with Gasteiger partial charge >= 0.3 is 0 Å². The molecule has 1 nitrogen and oxygen atoms in total. The normalized spacial score (nSPS) is 10.6. The Balaban J connectivity index is 2.02. The van der Waals surface area contributed by atoms with Crippen LogP contribution in [0.5, 0.6) is 0 Å². The molecule has 0 heterocycles. The molecule has 0 spiro atoms. The average Bonchev–Trinajstić information content (AvgIpc) is 2.34. The van der Waals surface area contributed by atoms with Crippen LogP contribution in [0.3, 0.4) is 0 Å². The van der Waals surface area contributed by atoms with Gasteiger partial charge in [-0.05, 0) is 29.3 Å². The van der Waals surface area contributed by atoms with Gasteiger partial charge in [-0.1, -0.05) is 50.1 Å². The Morgan fingerprint density at radius 3 is 2.56 bits per heavy atom. The summed E-state index contributed by atoms with van der Waals surface area (Å²) in [7, 11) is 0. The van der Waals surface area contributed by atoms with Crippen molar-refractivity contribution < 1.29 is 0 Å². The average molecular weight is 213 g/mol. The summed E-state index contributed by atoms with van der Waals surface area (Å²) in [6, 6.07) is 15.0. The zero-order valence-electron chi connectivity index (χ0n) is 9.87. The second kappa shape index (κ2) is 5.55. The van der Waals surface area contributed by atoms with Crippen LogP contribution in [0.15, 0.2) is 42.5 Å². The first-order valence-corrected chi connectivity index (χ1v) is 6.13. The Labute approximate surface area is 97.5 Å². The zero-order chi connectivity index (χ0) is 11.2. The molecule has 0 fully saturated rings. The first-order valence-electron chi connectivity index (χ1n) is 6.13. The van der Waals surface area contributed by atoms with Gasteiger partial charge < -0.3 is 5.32 Å². The molecule has 0 bridgehead atoms. The summed E-state index contributed by atoms with van der Waals surface area (Å²) in [6.07, 6.45) is 3.84. The van der Waals surface area contributed by atoms with Crippen molar-refractivity contribution >= 4 is 16.5 Å². The van der Waals surface area contributed by atoms with Gasteiger partial charge in [-0.25, -0.2) is 0 Å². The monoisotopic (exact) mass is 213 g/mol. The van der Waals surface area contributed by atoms with Crippen molar-refractivity contribution in [2.45, 2.75) is 26.2 Å². The fourth-order valence-corrected chi connectivity index (χ4v) is 1.91. The van der Waals surface area contributed by atoms with Gasteiger partial charge in [0.25, 0.3) is 0 Å². The maximum atomic E-state index is 3.47. The van der Waals surface area contributed by atoms with Crippen molar-refractivity contribution in [2.75, 3.05) is 11.9 Å². The Kier molecular flexibility index (Phi) is 3.81. The molecule has 84 valence electrons. The van der Waals surface area contributed by atoms with Crippen molar-refractivity contribution in [1.29, 1.82) is 0 Å². The topological polar surface area (TPSA) is 12.0 Å². The van der Waals surface area contributed by atoms with Gasteiger partial charge in [-0.15, -0.1) is 0 Å². The first-order chi connectivity index (χ1) is 7.90. The molecule has 0 aliphatic heterocycles. The highest BCUT2D eigenvalue weighted by Crippen LogP contribution is 2.18. The van der Waals surface area contributed by atoms with Gasteiger partial charge in [0.1, 0.15) is 0 Å². The molecule has 0 unspecified atom stereocenters. The fraction of sp³-hybridized carbons (Fsp3) is 0.333. The molecule has 2 aromatic rings. The van der Waals surface area contributed by atoms with Gasteiger partial charge in [0.15, 0.2) is 0 Å². The van der Waals surface area contributed by atoms with E-state index in [4.69, 9.17) is 0 Å². The molecule has 0 atom stereocenters. The number of hydrogen-bond acceptors (Lipinski definition) is 1. The van der Waals surface area contributed by atoms with Crippen LogP contribution in [0.1, 0.15) is 26.2 Å². The van der Waals surface area contributed by atoms with E-state index >= 15 is 0 Å². The van der Waals surface area contributed by atoms with Gasteiger partial charge in [0.05, 0.1) is 0 Å². The lowest BCUT2D eigenvalue weighted by Crippen LogP contribution is -2.00. The van der Waals surface area contributed by atoms with Crippen molar-refractivity contribution in [3.63, 3.8) is 0 Å². The number of fused-ring (bicyclic) bond motifs is 1. The molecule has 0 amide bonds. The van der Waals surface area contributed by atoms with Crippen molar-refractivity contribution in [2.24, 2.45) is 0 Å². The second-order valence-electron chi connectivity index (χ2n) is 4.20. The van der Waals surface area contributed by atoms with Crippen LogP contribution in [0.4, 0.5) is 5.69 Å². The molecule has 0 aliphatic carbocycles. The molecular formula is C15H19N. The van der Waals surface area contributed by atoms with E-state index in [1.165, 1.54) is 35.7 Å². The van der Waals surface area contributed by atoms with E-state index in [1.807, 2.05) is 0 Å². The Bertz CT molecular complexity index is 448. The predicted octanol–water partition coefficient (Wildman–Crippen LogP) is 4.44. The highest BCUT2D eigenvalue weighted by atomic mass is 14.9. The van der Waals surface area contributed by atoms with Crippen LogP contribution < -0.4 is 5.32 Å². The summed E-state index contributed by atoms with van der Waals surface area (Å²) in [6.45, 7) is 3.31. The van der Waals surface area contributed by atoms with Gasteiger partial charge in [0.2, 0.25) is 0 Å². The minimum Gasteiger partial charge on any atom is -0.385 e. The summed E-state index contributed by atoms with van der Waals surface area (Å²) < 4.78 is 0. The number of hydrogen-bond donors (Lipinski definition) is 1. The third kappa shape index (κ3) is 2.75. The molecular weight excluding hydrogens is 194 g/mol. The largest absolute Gasteiger partial charge is 0.385 e. The van der Waals surface area contributed by atoms with E-state index < -0.39 is 0 Å². The summed E-state index contributed by atoms with van der Waals surface area (Å²) in [5.74, 6) is 0. The maximum Gasteiger partial charge on any atom is 0.0346 e. The van der Waals surface area contributed by atoms with Crippen molar-refractivity contribution in [3.05, 3.63) is 42.5 Å². The second-order valence-corrected chi connectivity index (χ2v) is 4.20. The van der Waals surface area contributed by atoms with E-state index in [1.54, 1.807) is 0 Å². The third-order valence-corrected chi connectivity index (χ3v) is 2.86. The minimum atomic E-state index is 1.08. The fourth-order valence-electron chi connectivity index (χ4n) is 1.91. The number of benzene rings is 2. The Morgan fingerprint density at radius 1 is 0.938 bits per heavy atom. The third-order valence-electron chi connectivity index (χ3n) is 2.86.